The van der Waals surface area contributed by atoms with E-state index in [9.17, 15) is 4.79 Å². The molecule has 112 valence electrons. The highest BCUT2D eigenvalue weighted by Crippen LogP contribution is 2.30. The number of rotatable bonds is 2. The Morgan fingerprint density at radius 2 is 2.33 bits per heavy atom. The van der Waals surface area contributed by atoms with Crippen molar-refractivity contribution in [2.75, 3.05) is 11.9 Å². The number of likely N-dealkylation sites (tertiary alicyclic amines) is 1. The Kier molecular flexibility index (Phi) is 3.94. The largest absolute Gasteiger partial charge is 0.467 e. The first-order chi connectivity index (χ1) is 10.2. The lowest BCUT2D eigenvalue weighted by Gasteiger charge is -2.28. The van der Waals surface area contributed by atoms with Gasteiger partial charge in [-0.3, -0.25) is 5.32 Å². The second-order valence-electron chi connectivity index (χ2n) is 5.33. The lowest BCUT2D eigenvalue weighted by molar-refractivity contribution is 0.179. The van der Waals surface area contributed by atoms with Crippen molar-refractivity contribution in [2.24, 2.45) is 0 Å². The fraction of sp³-hybridized carbons (Fsp3) is 0.467. The van der Waals surface area contributed by atoms with Gasteiger partial charge in [0.05, 0.1) is 12.3 Å². The number of carbonyl (C=O) groups is 1. The van der Waals surface area contributed by atoms with E-state index in [0.717, 1.165) is 31.4 Å². The first kappa shape index (κ1) is 13.7. The number of urea groups is 1. The van der Waals surface area contributed by atoms with Gasteiger partial charge >= 0.3 is 6.03 Å². The first-order valence-corrected chi connectivity index (χ1v) is 7.28. The Balaban J connectivity index is 1.77. The Labute approximate surface area is 123 Å². The minimum absolute atomic E-state index is 0.0181. The van der Waals surface area contributed by atoms with Crippen molar-refractivity contribution in [1.29, 1.82) is 0 Å². The molecule has 3 rings (SSSR count). The number of aromatic nitrogens is 1. The summed E-state index contributed by atoms with van der Waals surface area (Å²) in [6, 6.07) is 5.31. The van der Waals surface area contributed by atoms with Crippen LogP contribution in [0, 0.1) is 6.92 Å². The number of hydrogen-bond acceptors (Lipinski definition) is 4. The molecule has 0 bridgehead atoms. The summed E-state index contributed by atoms with van der Waals surface area (Å²) in [5.74, 6) is 1.95. The minimum Gasteiger partial charge on any atom is -0.467 e. The van der Waals surface area contributed by atoms with E-state index in [4.69, 9.17) is 8.94 Å². The second-order valence-corrected chi connectivity index (χ2v) is 5.33. The number of nitrogens with one attached hydrogen (secondary N) is 1. The van der Waals surface area contributed by atoms with Crippen molar-refractivity contribution in [2.45, 2.75) is 38.6 Å². The van der Waals surface area contributed by atoms with Gasteiger partial charge in [-0.05, 0) is 31.9 Å². The van der Waals surface area contributed by atoms with Crippen LogP contribution in [0.15, 0.2) is 33.4 Å². The monoisotopic (exact) mass is 289 g/mol. The molecule has 1 aliphatic heterocycles. The maximum Gasteiger partial charge on any atom is 0.323 e. The van der Waals surface area contributed by atoms with Gasteiger partial charge in [0.25, 0.3) is 0 Å². The van der Waals surface area contributed by atoms with E-state index in [2.05, 4.69) is 10.5 Å². The first-order valence-electron chi connectivity index (χ1n) is 7.28. The predicted octanol–water partition coefficient (Wildman–Crippen LogP) is 3.73. The number of anilines is 1. The molecule has 1 N–H and O–H groups in total. The predicted molar refractivity (Wildman–Crippen MR) is 76.9 cm³/mol. The topological polar surface area (TPSA) is 71.5 Å². The Morgan fingerprint density at radius 1 is 1.43 bits per heavy atom. The molecule has 1 saturated heterocycles. The SMILES string of the molecule is Cc1cc(NC(=O)N2CCCCC[C@H]2c2ccco2)no1. The smallest absolute Gasteiger partial charge is 0.323 e. The molecule has 1 aliphatic rings. The molecule has 21 heavy (non-hydrogen) atoms. The van der Waals surface area contributed by atoms with Crippen LogP contribution in [0.25, 0.3) is 0 Å². The molecular weight excluding hydrogens is 270 g/mol. The summed E-state index contributed by atoms with van der Waals surface area (Å²) in [6.45, 7) is 2.51. The molecule has 2 aromatic rings. The molecule has 1 atom stereocenters. The van der Waals surface area contributed by atoms with Crippen LogP contribution in [-0.4, -0.2) is 22.6 Å². The molecule has 0 unspecified atom stereocenters. The van der Waals surface area contributed by atoms with Gasteiger partial charge in [0.1, 0.15) is 11.5 Å². The van der Waals surface area contributed by atoms with Gasteiger partial charge in [-0.25, -0.2) is 4.79 Å². The van der Waals surface area contributed by atoms with E-state index in [0.29, 0.717) is 18.1 Å². The van der Waals surface area contributed by atoms with Gasteiger partial charge in [0, 0.05) is 12.6 Å². The molecule has 0 aromatic carbocycles. The second kappa shape index (κ2) is 6.03. The molecule has 6 heteroatoms. The van der Waals surface area contributed by atoms with Crippen molar-refractivity contribution < 1.29 is 13.7 Å². The summed E-state index contributed by atoms with van der Waals surface area (Å²) in [4.78, 5) is 14.4. The summed E-state index contributed by atoms with van der Waals surface area (Å²) in [5, 5.41) is 6.60. The average Bonchev–Trinajstić information content (AvgIpc) is 3.06. The van der Waals surface area contributed by atoms with E-state index >= 15 is 0 Å². The van der Waals surface area contributed by atoms with Crippen molar-refractivity contribution in [1.82, 2.24) is 10.1 Å². The van der Waals surface area contributed by atoms with Gasteiger partial charge < -0.3 is 13.8 Å². The summed E-state index contributed by atoms with van der Waals surface area (Å²) < 4.78 is 10.5. The maximum atomic E-state index is 12.5. The highest BCUT2D eigenvalue weighted by molar-refractivity contribution is 5.88. The van der Waals surface area contributed by atoms with Crippen LogP contribution >= 0.6 is 0 Å². The summed E-state index contributed by atoms with van der Waals surface area (Å²) >= 11 is 0. The number of nitrogens with zero attached hydrogens (tertiary/aromatic N) is 2. The van der Waals surface area contributed by atoms with E-state index in [1.807, 2.05) is 17.0 Å². The zero-order chi connectivity index (χ0) is 14.7. The molecule has 1 fully saturated rings. The van der Waals surface area contributed by atoms with E-state index in [-0.39, 0.29) is 12.1 Å². The zero-order valence-corrected chi connectivity index (χ0v) is 12.0. The summed E-state index contributed by atoms with van der Waals surface area (Å²) in [5.41, 5.74) is 0. The van der Waals surface area contributed by atoms with Gasteiger partial charge in [-0.2, -0.15) is 0 Å². The lowest BCUT2D eigenvalue weighted by atomic mass is 10.1. The van der Waals surface area contributed by atoms with E-state index in [1.165, 1.54) is 0 Å². The Bertz CT molecular complexity index is 591. The minimum atomic E-state index is -0.161. The molecule has 3 heterocycles. The Hall–Kier alpha value is -2.24. The quantitative estimate of drug-likeness (QED) is 0.914. The summed E-state index contributed by atoms with van der Waals surface area (Å²) in [6.07, 6.45) is 5.79. The van der Waals surface area contributed by atoms with Gasteiger partial charge in [-0.15, -0.1) is 0 Å². The van der Waals surface area contributed by atoms with Crippen molar-refractivity contribution in [3.63, 3.8) is 0 Å². The van der Waals surface area contributed by atoms with Gasteiger partial charge in [0.2, 0.25) is 0 Å². The molecule has 0 aliphatic carbocycles. The molecule has 6 nitrogen and oxygen atoms in total. The van der Waals surface area contributed by atoms with Crippen LogP contribution in [-0.2, 0) is 0 Å². The standard InChI is InChI=1S/C15H19N3O3/c1-11-10-14(17-21-11)16-15(19)18-8-4-2-3-6-12(18)13-7-5-9-20-13/h5,7,9-10,12H,2-4,6,8H2,1H3,(H,16,17,19)/t12-/m0/s1. The van der Waals surface area contributed by atoms with Crippen LogP contribution in [0.5, 0.6) is 0 Å². The number of amides is 2. The normalized spacial score (nSPS) is 19.3. The van der Waals surface area contributed by atoms with Crippen LogP contribution in [0.1, 0.15) is 43.2 Å². The third-order valence-corrected chi connectivity index (χ3v) is 3.75. The van der Waals surface area contributed by atoms with Crippen LogP contribution < -0.4 is 5.32 Å². The molecular formula is C15H19N3O3. The lowest BCUT2D eigenvalue weighted by Crippen LogP contribution is -2.38. The van der Waals surface area contributed by atoms with Crippen molar-refractivity contribution in [3.05, 3.63) is 36.0 Å². The van der Waals surface area contributed by atoms with E-state index in [1.54, 1.807) is 19.3 Å². The maximum absolute atomic E-state index is 12.5. The van der Waals surface area contributed by atoms with Crippen LogP contribution in [0.3, 0.4) is 0 Å². The number of carbonyl (C=O) groups excluding carboxylic acids is 1. The highest BCUT2D eigenvalue weighted by Gasteiger charge is 2.29. The molecule has 2 amide bonds. The highest BCUT2D eigenvalue weighted by atomic mass is 16.5. The average molecular weight is 289 g/mol. The number of hydrogen-bond donors (Lipinski definition) is 1. The van der Waals surface area contributed by atoms with Crippen LogP contribution in [0.4, 0.5) is 10.6 Å². The van der Waals surface area contributed by atoms with E-state index < -0.39 is 0 Å². The fourth-order valence-electron chi connectivity index (χ4n) is 2.73. The fourth-order valence-corrected chi connectivity index (χ4v) is 2.73. The Morgan fingerprint density at radius 3 is 3.05 bits per heavy atom. The third-order valence-electron chi connectivity index (χ3n) is 3.75. The summed E-state index contributed by atoms with van der Waals surface area (Å²) in [7, 11) is 0. The molecule has 0 radical (unpaired) electrons. The number of furan rings is 1. The van der Waals surface area contributed by atoms with Crippen molar-refractivity contribution in [3.8, 4) is 0 Å². The number of aryl methyl sites for hydroxylation is 1. The molecule has 0 spiro atoms. The van der Waals surface area contributed by atoms with Gasteiger partial charge in [0.15, 0.2) is 5.82 Å². The molecule has 0 saturated carbocycles. The van der Waals surface area contributed by atoms with Crippen LogP contribution in [0.2, 0.25) is 0 Å². The van der Waals surface area contributed by atoms with Crippen molar-refractivity contribution >= 4 is 11.8 Å². The zero-order valence-electron chi connectivity index (χ0n) is 12.0. The molecule has 2 aromatic heterocycles. The third kappa shape index (κ3) is 3.09. The van der Waals surface area contributed by atoms with Gasteiger partial charge in [-0.1, -0.05) is 18.0 Å².